The molecule has 0 heterocycles. The van der Waals surface area contributed by atoms with Crippen molar-refractivity contribution in [2.45, 2.75) is 41.0 Å². The van der Waals surface area contributed by atoms with Crippen molar-refractivity contribution in [1.82, 2.24) is 0 Å². The summed E-state index contributed by atoms with van der Waals surface area (Å²) in [6.45, 7) is 22.9. The minimum absolute atomic E-state index is 0.0631. The molecule has 0 aliphatic rings. The molecular weight excluding hydrogens is 1100 g/mol. The third-order valence-electron chi connectivity index (χ3n) is 12.0. The van der Waals surface area contributed by atoms with E-state index in [0.29, 0.717) is 6.42 Å². The minimum atomic E-state index is -1.40. The molecule has 0 aliphatic heterocycles. The number of carbonyl (C=O) groups is 7. The van der Waals surface area contributed by atoms with Gasteiger partial charge >= 0.3 is 41.8 Å². The molecule has 83 heavy (non-hydrogen) atoms. The molecule has 0 rings (SSSR count). The monoisotopic (exact) mass is 1190 g/mol. The number of esters is 7. The molecule has 0 aromatic carbocycles. The lowest BCUT2D eigenvalue weighted by atomic mass is 9.87. The van der Waals surface area contributed by atoms with Crippen LogP contribution in [0.3, 0.4) is 0 Å². The lowest BCUT2D eigenvalue weighted by Gasteiger charge is -2.34. The van der Waals surface area contributed by atoms with Gasteiger partial charge in [0.2, 0.25) is 0 Å². The highest BCUT2D eigenvalue weighted by Crippen LogP contribution is 2.27. The summed E-state index contributed by atoms with van der Waals surface area (Å²) in [5.74, 6) is -5.01. The van der Waals surface area contributed by atoms with Crippen LogP contribution in [0.4, 0.5) is 0 Å². The lowest BCUT2D eigenvalue weighted by molar-refractivity contribution is -0.164. The van der Waals surface area contributed by atoms with Crippen LogP contribution < -0.4 is 0 Å². The number of aliphatic hydroxyl groups is 10. The van der Waals surface area contributed by atoms with E-state index in [9.17, 15) is 84.6 Å². The number of carbonyl (C=O) groups excluding carboxylic acids is 7. The normalized spacial score (nSPS) is 11.6. The third-order valence-corrected chi connectivity index (χ3v) is 12.0. The predicted molar refractivity (Wildman–Crippen MR) is 295 cm³/mol. The standard InChI is InChI=1S/C26H38O11.C16H26O9.C14H26O7/c1-17(2)21(29)34-13-25(9-27,14-35-22(30)18(3)4)11-33-12-26(10-28,15-36-23(31)19(5)6)16-37-24(32)20(7)8;1-3-13(21)24-11-15(5-17,6-18)9-23-10-16(7-19,8-20)12-25-14(22)4-2;1-3-12(19)21-11-14(7-17,8-18)10-20-9-13(4-2,5-15)6-16/h27-28H,1,3,5,7,9-16H2,2,4,6,8H3;3-4,17-20H,1-2,5-12H2;3,15-18H,1,4-11H2,2H3. The average Bonchev–Trinajstić information content (AvgIpc) is 3.54. The van der Waals surface area contributed by atoms with Gasteiger partial charge in [0.1, 0.15) is 46.2 Å². The summed E-state index contributed by atoms with van der Waals surface area (Å²) in [5.41, 5.74) is -6.79. The van der Waals surface area contributed by atoms with Crippen LogP contribution in [0.1, 0.15) is 41.0 Å². The second kappa shape index (κ2) is 42.7. The first-order valence-corrected chi connectivity index (χ1v) is 25.5. The van der Waals surface area contributed by atoms with Crippen molar-refractivity contribution in [3.05, 3.63) is 86.6 Å². The lowest BCUT2D eigenvalue weighted by Crippen LogP contribution is -2.46. The molecule has 0 aromatic heterocycles. The number of hydrogen-bond acceptors (Lipinski definition) is 27. The van der Waals surface area contributed by atoms with Crippen LogP contribution in [-0.4, -0.2) is 245 Å². The fraction of sp³-hybridized carbons (Fsp3) is 0.625. The van der Waals surface area contributed by atoms with Crippen LogP contribution >= 0.6 is 0 Å². The number of rotatable bonds is 44. The molecule has 476 valence electrons. The predicted octanol–water partition coefficient (Wildman–Crippen LogP) is -1.07. The second-order valence-corrected chi connectivity index (χ2v) is 20.3. The fourth-order valence-electron chi connectivity index (χ4n) is 5.48. The molecule has 0 spiro atoms. The van der Waals surface area contributed by atoms with Crippen molar-refractivity contribution < 1.29 is 132 Å². The Kier molecular flexibility index (Phi) is 41.8. The molecule has 10 N–H and O–H groups in total. The van der Waals surface area contributed by atoms with Crippen LogP contribution in [-0.2, 0) is 80.9 Å². The molecule has 0 saturated heterocycles. The van der Waals surface area contributed by atoms with Gasteiger partial charge < -0.3 is 98.4 Å². The van der Waals surface area contributed by atoms with Crippen molar-refractivity contribution in [2.24, 2.45) is 32.5 Å². The topological polar surface area (TPSA) is 414 Å². The fourth-order valence-corrected chi connectivity index (χ4v) is 5.48. The first-order valence-electron chi connectivity index (χ1n) is 25.5. The molecule has 0 aliphatic carbocycles. The zero-order chi connectivity index (χ0) is 64.5. The van der Waals surface area contributed by atoms with Crippen molar-refractivity contribution in [2.75, 3.05) is 152 Å². The van der Waals surface area contributed by atoms with Crippen molar-refractivity contribution in [3.63, 3.8) is 0 Å². The van der Waals surface area contributed by atoms with Gasteiger partial charge in [-0.05, 0) is 34.1 Å². The van der Waals surface area contributed by atoms with E-state index in [1.54, 1.807) is 0 Å². The zero-order valence-corrected chi connectivity index (χ0v) is 48.6. The zero-order valence-electron chi connectivity index (χ0n) is 48.6. The molecule has 0 bridgehead atoms. The Labute approximate surface area is 484 Å². The third kappa shape index (κ3) is 31.4. The quantitative estimate of drug-likeness (QED) is 0.0197. The Bertz CT molecular complexity index is 1900. The van der Waals surface area contributed by atoms with E-state index < -0.39 is 154 Å². The summed E-state index contributed by atoms with van der Waals surface area (Å²) in [5, 5.41) is 95.6. The van der Waals surface area contributed by atoms with Gasteiger partial charge in [-0.15, -0.1) is 0 Å². The summed E-state index contributed by atoms with van der Waals surface area (Å²) in [6, 6.07) is 0. The van der Waals surface area contributed by atoms with Crippen molar-refractivity contribution in [3.8, 4) is 0 Å². The summed E-state index contributed by atoms with van der Waals surface area (Å²) in [7, 11) is 0. The Morgan fingerprint density at radius 3 is 0.627 bits per heavy atom. The van der Waals surface area contributed by atoms with Gasteiger partial charge in [0.25, 0.3) is 0 Å². The summed E-state index contributed by atoms with van der Waals surface area (Å²) >= 11 is 0. The molecule has 27 heteroatoms. The second-order valence-electron chi connectivity index (χ2n) is 20.3. The number of aliphatic hydroxyl groups excluding tert-OH is 10. The highest BCUT2D eigenvalue weighted by molar-refractivity contribution is 5.88. The maximum atomic E-state index is 11.9. The Morgan fingerprint density at radius 2 is 0.470 bits per heavy atom. The van der Waals surface area contributed by atoms with E-state index in [1.807, 2.05) is 6.92 Å². The van der Waals surface area contributed by atoms with E-state index in [-0.39, 0.29) is 95.0 Å². The van der Waals surface area contributed by atoms with Crippen molar-refractivity contribution in [1.29, 1.82) is 0 Å². The Hall–Kier alpha value is -6.05. The minimum Gasteiger partial charge on any atom is -0.462 e. The smallest absolute Gasteiger partial charge is 0.333 e. The molecule has 27 nitrogen and oxygen atoms in total. The summed E-state index contributed by atoms with van der Waals surface area (Å²) in [4.78, 5) is 81.0. The average molecular weight is 1200 g/mol. The maximum absolute atomic E-state index is 11.9. The van der Waals surface area contributed by atoms with Crippen molar-refractivity contribution >= 4 is 41.8 Å². The van der Waals surface area contributed by atoms with Gasteiger partial charge in [0.05, 0.1) is 133 Å². The van der Waals surface area contributed by atoms with Gasteiger partial charge in [0.15, 0.2) is 0 Å². The maximum Gasteiger partial charge on any atom is 0.333 e. The largest absolute Gasteiger partial charge is 0.462 e. The first-order chi connectivity index (χ1) is 39.0. The van der Waals surface area contributed by atoms with Gasteiger partial charge in [-0.3, -0.25) is 0 Å². The molecule has 0 saturated carbocycles. The van der Waals surface area contributed by atoms with Crippen LogP contribution in [0.25, 0.3) is 0 Å². The van der Waals surface area contributed by atoms with E-state index in [0.717, 1.165) is 18.2 Å². The molecular formula is C56H90O27. The molecule has 0 radical (unpaired) electrons. The number of hydrogen-bond donors (Lipinski definition) is 10. The van der Waals surface area contributed by atoms with Crippen LogP contribution in [0.15, 0.2) is 86.6 Å². The van der Waals surface area contributed by atoms with Gasteiger partial charge in [-0.2, -0.15) is 0 Å². The summed E-state index contributed by atoms with van der Waals surface area (Å²) < 4.78 is 51.8. The van der Waals surface area contributed by atoms with Gasteiger partial charge in [-0.25, -0.2) is 33.6 Å². The highest BCUT2D eigenvalue weighted by Gasteiger charge is 2.40. The van der Waals surface area contributed by atoms with Crippen LogP contribution in [0, 0.1) is 32.5 Å². The Balaban J connectivity index is -0.00000122. The number of ether oxygens (including phenoxy) is 10. The van der Waals surface area contributed by atoms with E-state index in [4.69, 9.17) is 47.4 Å². The summed E-state index contributed by atoms with van der Waals surface area (Å²) in [6.07, 6.45) is 3.38. The molecule has 0 unspecified atom stereocenters. The van der Waals surface area contributed by atoms with Gasteiger partial charge in [0, 0.05) is 45.9 Å². The molecule has 0 amide bonds. The molecule has 0 fully saturated rings. The van der Waals surface area contributed by atoms with Crippen LogP contribution in [0.5, 0.6) is 0 Å². The Morgan fingerprint density at radius 1 is 0.301 bits per heavy atom. The highest BCUT2D eigenvalue weighted by atomic mass is 16.6. The first kappa shape index (κ1) is 81.2. The molecule has 0 atom stereocenters. The van der Waals surface area contributed by atoms with E-state index >= 15 is 0 Å². The van der Waals surface area contributed by atoms with Crippen LogP contribution in [0.2, 0.25) is 0 Å². The molecule has 0 aromatic rings. The SMILES string of the molecule is C=C(C)C(=O)OCC(CO)(COCC(CO)(COC(=O)C(=C)C)COC(=O)C(=C)C)COC(=O)C(=C)C.C=CC(=O)OCC(CO)(CO)COCC(CC)(CO)CO.C=CC(=O)OCC(CO)(CO)COCC(CO)(CO)COC(=O)C=C. The van der Waals surface area contributed by atoms with E-state index in [1.165, 1.54) is 27.7 Å². The van der Waals surface area contributed by atoms with E-state index in [2.05, 4.69) is 46.1 Å². The van der Waals surface area contributed by atoms with Gasteiger partial charge in [-0.1, -0.05) is 53.0 Å².